The van der Waals surface area contributed by atoms with Gasteiger partial charge in [0.25, 0.3) is 0 Å². The van der Waals surface area contributed by atoms with Crippen molar-refractivity contribution in [2.75, 3.05) is 0 Å². The monoisotopic (exact) mass is 462 g/mol. The number of allylic oxidation sites excluding steroid dienone is 7. The number of nitrogens with zero attached hydrogens (tertiary/aromatic N) is 4. The van der Waals surface area contributed by atoms with Gasteiger partial charge in [-0.25, -0.2) is 14.8 Å². The Morgan fingerprint density at radius 2 is 2.00 bits per heavy atom. The summed E-state index contributed by atoms with van der Waals surface area (Å²) in [5, 5.41) is 9.93. The van der Waals surface area contributed by atoms with Crippen molar-refractivity contribution in [3.8, 4) is 0 Å². The first-order chi connectivity index (χ1) is 16.2. The standard InChI is InChI=1S/C27H38N6O/c1-9-13-16-22(10-2)17-14-15-21(7)29-27(34)32-25(12-4)31-26(20(5)6)30-24(11-3)23-18-28-33(8)19-23/h9-13,16,18-19,21H,1,3,5,14-15,17H2,2,4,6-8H3,(H2,29,32,34)/b16-13-,22-10+,25-12+,30-24?,31-26?. The van der Waals surface area contributed by atoms with E-state index in [-0.39, 0.29) is 12.1 Å². The summed E-state index contributed by atoms with van der Waals surface area (Å²) in [5.74, 6) is 0.776. The highest BCUT2D eigenvalue weighted by atomic mass is 16.2. The van der Waals surface area contributed by atoms with Gasteiger partial charge in [0.1, 0.15) is 5.82 Å². The van der Waals surface area contributed by atoms with E-state index in [2.05, 4.69) is 57.6 Å². The first kappa shape index (κ1) is 28.3. The van der Waals surface area contributed by atoms with Crippen molar-refractivity contribution in [3.63, 3.8) is 0 Å². The fraction of sp³-hybridized carbons (Fsp3) is 0.333. The molecule has 0 aromatic carbocycles. The van der Waals surface area contributed by atoms with Crippen molar-refractivity contribution >= 4 is 17.6 Å². The molecule has 34 heavy (non-hydrogen) atoms. The molecule has 2 N–H and O–H groups in total. The van der Waals surface area contributed by atoms with Crippen LogP contribution in [-0.2, 0) is 7.05 Å². The van der Waals surface area contributed by atoms with E-state index < -0.39 is 0 Å². The van der Waals surface area contributed by atoms with Crippen molar-refractivity contribution in [1.82, 2.24) is 20.4 Å². The normalized spacial score (nSPS) is 14.1. The molecule has 1 aromatic rings. The third-order valence-electron chi connectivity index (χ3n) is 4.84. The fourth-order valence-corrected chi connectivity index (χ4v) is 2.97. The molecule has 0 radical (unpaired) electrons. The van der Waals surface area contributed by atoms with Gasteiger partial charge in [-0.3, -0.25) is 10.00 Å². The number of urea groups is 1. The lowest BCUT2D eigenvalue weighted by atomic mass is 10.0. The topological polar surface area (TPSA) is 83.7 Å². The summed E-state index contributed by atoms with van der Waals surface area (Å²) in [4.78, 5) is 21.6. The lowest BCUT2D eigenvalue weighted by molar-refractivity contribution is 0.239. The Morgan fingerprint density at radius 3 is 2.53 bits per heavy atom. The van der Waals surface area contributed by atoms with Crippen LogP contribution in [0.2, 0.25) is 0 Å². The van der Waals surface area contributed by atoms with Gasteiger partial charge in [-0.2, -0.15) is 5.10 Å². The van der Waals surface area contributed by atoms with Gasteiger partial charge < -0.3 is 5.32 Å². The summed E-state index contributed by atoms with van der Waals surface area (Å²) in [7, 11) is 1.83. The highest BCUT2D eigenvalue weighted by molar-refractivity contribution is 6.16. The predicted molar refractivity (Wildman–Crippen MR) is 144 cm³/mol. The van der Waals surface area contributed by atoms with Crippen LogP contribution < -0.4 is 10.6 Å². The molecule has 0 fully saturated rings. The molecular formula is C27H38N6O. The Bertz CT molecular complexity index is 1020. The number of nitrogens with one attached hydrogen (secondary N) is 2. The number of carbonyl (C=O) groups excluding carboxylic acids is 1. The molecule has 1 unspecified atom stereocenters. The lowest BCUT2D eigenvalue weighted by Gasteiger charge is -2.15. The summed E-state index contributed by atoms with van der Waals surface area (Å²) < 4.78 is 1.69. The molecule has 1 aromatic heterocycles. The van der Waals surface area contributed by atoms with Gasteiger partial charge in [0.15, 0.2) is 5.84 Å². The van der Waals surface area contributed by atoms with Crippen molar-refractivity contribution < 1.29 is 4.79 Å². The van der Waals surface area contributed by atoms with Crippen LogP contribution in [0.15, 0.2) is 95.5 Å². The second kappa shape index (κ2) is 15.2. The van der Waals surface area contributed by atoms with Crippen LogP contribution in [0.1, 0.15) is 52.5 Å². The smallest absolute Gasteiger partial charge is 0.320 e. The highest BCUT2D eigenvalue weighted by Crippen LogP contribution is 2.11. The number of carbonyl (C=O) groups is 1. The second-order valence-corrected chi connectivity index (χ2v) is 7.84. The molecule has 0 spiro atoms. The zero-order valence-electron chi connectivity index (χ0n) is 21.1. The minimum Gasteiger partial charge on any atom is -0.335 e. The molecule has 0 saturated heterocycles. The fourth-order valence-electron chi connectivity index (χ4n) is 2.97. The summed E-state index contributed by atoms with van der Waals surface area (Å²) in [6, 6.07) is -0.302. The summed E-state index contributed by atoms with van der Waals surface area (Å²) in [6.45, 7) is 19.1. The number of hydrogen-bond donors (Lipinski definition) is 2. The minimum absolute atomic E-state index is 0.0140. The Kier molecular flexibility index (Phi) is 12.6. The number of aliphatic imine (C=N–C) groups is 2. The SMILES string of the molecule is C=C/C=C\C(=C/C)CCCC(C)NC(=O)N/C(=C/C)N=C(N=C(C=C)c1cnn(C)c1)C(=C)C. The quantitative estimate of drug-likeness (QED) is 0.234. The third-order valence-corrected chi connectivity index (χ3v) is 4.84. The van der Waals surface area contributed by atoms with Gasteiger partial charge in [-0.05, 0) is 64.7 Å². The highest BCUT2D eigenvalue weighted by Gasteiger charge is 2.11. The number of amidine groups is 1. The van der Waals surface area contributed by atoms with E-state index in [1.54, 1.807) is 36.0 Å². The molecule has 0 aliphatic rings. The van der Waals surface area contributed by atoms with E-state index in [1.807, 2.05) is 40.1 Å². The zero-order valence-corrected chi connectivity index (χ0v) is 21.1. The van der Waals surface area contributed by atoms with Crippen LogP contribution in [0.5, 0.6) is 0 Å². The Morgan fingerprint density at radius 1 is 1.26 bits per heavy atom. The molecule has 1 heterocycles. The Hall–Kier alpha value is -3.74. The Balaban J connectivity index is 2.79. The van der Waals surface area contributed by atoms with Crippen LogP contribution in [0.3, 0.4) is 0 Å². The number of aromatic nitrogens is 2. The molecule has 0 aliphatic heterocycles. The first-order valence-electron chi connectivity index (χ1n) is 11.4. The predicted octanol–water partition coefficient (Wildman–Crippen LogP) is 5.78. The van der Waals surface area contributed by atoms with Gasteiger partial charge in [0.2, 0.25) is 0 Å². The molecule has 7 nitrogen and oxygen atoms in total. The van der Waals surface area contributed by atoms with Crippen LogP contribution in [-0.4, -0.2) is 33.4 Å². The van der Waals surface area contributed by atoms with Crippen LogP contribution >= 0.6 is 0 Å². The van der Waals surface area contributed by atoms with E-state index in [1.165, 1.54) is 5.57 Å². The molecule has 0 saturated carbocycles. The van der Waals surface area contributed by atoms with E-state index in [9.17, 15) is 4.79 Å². The van der Waals surface area contributed by atoms with E-state index in [4.69, 9.17) is 0 Å². The summed E-state index contributed by atoms with van der Waals surface area (Å²) in [5.41, 5.74) is 3.34. The maximum atomic E-state index is 12.5. The zero-order chi connectivity index (χ0) is 25.5. The summed E-state index contributed by atoms with van der Waals surface area (Å²) in [6.07, 6.45) is 17.5. The molecule has 1 atom stereocenters. The second-order valence-electron chi connectivity index (χ2n) is 7.84. The molecule has 182 valence electrons. The maximum Gasteiger partial charge on any atom is 0.320 e. The van der Waals surface area contributed by atoms with Crippen molar-refractivity contribution in [3.05, 3.63) is 91.1 Å². The van der Waals surface area contributed by atoms with E-state index >= 15 is 0 Å². The third kappa shape index (κ3) is 10.3. The number of hydrogen-bond acceptors (Lipinski definition) is 3. The lowest BCUT2D eigenvalue weighted by Crippen LogP contribution is -2.40. The molecular weight excluding hydrogens is 424 g/mol. The average Bonchev–Trinajstić information content (AvgIpc) is 3.23. The maximum absolute atomic E-state index is 12.5. The van der Waals surface area contributed by atoms with E-state index in [0.29, 0.717) is 22.9 Å². The van der Waals surface area contributed by atoms with Gasteiger partial charge in [-0.15, -0.1) is 0 Å². The summed E-state index contributed by atoms with van der Waals surface area (Å²) >= 11 is 0. The molecule has 2 amide bonds. The van der Waals surface area contributed by atoms with Crippen LogP contribution in [0.4, 0.5) is 4.79 Å². The molecule has 0 aliphatic carbocycles. The van der Waals surface area contributed by atoms with Gasteiger partial charge in [-0.1, -0.05) is 49.6 Å². The molecule has 7 heteroatoms. The molecule has 1 rings (SSSR count). The van der Waals surface area contributed by atoms with Crippen molar-refractivity contribution in [2.24, 2.45) is 17.0 Å². The van der Waals surface area contributed by atoms with Gasteiger partial charge >= 0.3 is 6.03 Å². The van der Waals surface area contributed by atoms with Crippen LogP contribution in [0, 0.1) is 0 Å². The van der Waals surface area contributed by atoms with Crippen LogP contribution in [0.25, 0.3) is 0 Å². The molecule has 0 bridgehead atoms. The Labute approximate surface area is 204 Å². The van der Waals surface area contributed by atoms with Gasteiger partial charge in [0, 0.05) is 24.8 Å². The number of aryl methyl sites for hydroxylation is 1. The van der Waals surface area contributed by atoms with Crippen molar-refractivity contribution in [1.29, 1.82) is 0 Å². The first-order valence-corrected chi connectivity index (χ1v) is 11.4. The largest absolute Gasteiger partial charge is 0.335 e. The number of amides is 2. The van der Waals surface area contributed by atoms with Crippen molar-refractivity contribution in [2.45, 2.75) is 53.0 Å². The minimum atomic E-state index is -0.316. The van der Waals surface area contributed by atoms with Gasteiger partial charge in [0.05, 0.1) is 11.9 Å². The average molecular weight is 463 g/mol. The number of rotatable bonds is 12. The van der Waals surface area contributed by atoms with E-state index in [0.717, 1.165) is 24.8 Å².